The molecule has 160 valence electrons. The Hall–Kier alpha value is -3.42. The Labute approximate surface area is 174 Å². The molecule has 2 atom stereocenters. The summed E-state index contributed by atoms with van der Waals surface area (Å²) in [7, 11) is 0. The van der Waals surface area contributed by atoms with Crippen LogP contribution in [-0.2, 0) is 17.5 Å². The molecule has 3 nitrogen and oxygen atoms in total. The molecule has 0 radical (unpaired) electrons. The van der Waals surface area contributed by atoms with Crippen molar-refractivity contribution >= 4 is 11.6 Å². The van der Waals surface area contributed by atoms with Crippen molar-refractivity contribution in [1.82, 2.24) is 5.32 Å². The number of carbonyl (C=O) groups is 1. The van der Waals surface area contributed by atoms with Crippen molar-refractivity contribution in [3.05, 3.63) is 101 Å². The van der Waals surface area contributed by atoms with Gasteiger partial charge in [0, 0.05) is 23.7 Å². The topological polar surface area (TPSA) is 41.1 Å². The molecule has 31 heavy (non-hydrogen) atoms. The zero-order valence-corrected chi connectivity index (χ0v) is 16.0. The third kappa shape index (κ3) is 4.23. The summed E-state index contributed by atoms with van der Waals surface area (Å²) >= 11 is 0. The second-order valence-electron chi connectivity index (χ2n) is 7.26. The molecule has 0 bridgehead atoms. The minimum Gasteiger partial charge on any atom is -0.373 e. The van der Waals surface area contributed by atoms with Crippen LogP contribution in [0.2, 0.25) is 0 Å². The maximum absolute atomic E-state index is 14.0. The molecule has 0 aromatic heterocycles. The summed E-state index contributed by atoms with van der Waals surface area (Å²) in [6, 6.07) is 14.4. The lowest BCUT2D eigenvalue weighted by molar-refractivity contribution is -0.137. The minimum absolute atomic E-state index is 0.277. The highest BCUT2D eigenvalue weighted by Crippen LogP contribution is 2.41. The Balaban J connectivity index is 1.58. The van der Waals surface area contributed by atoms with Gasteiger partial charge in [0.15, 0.2) is 0 Å². The van der Waals surface area contributed by atoms with Crippen molar-refractivity contribution in [2.45, 2.75) is 24.7 Å². The second-order valence-corrected chi connectivity index (χ2v) is 7.26. The average molecular weight is 432 g/mol. The molecule has 3 aromatic rings. The van der Waals surface area contributed by atoms with Crippen molar-refractivity contribution in [1.29, 1.82) is 0 Å². The molecule has 0 aliphatic carbocycles. The SMILES string of the molecule is O=C(NCc1cc(C(F)(F)F)ccc1F)C1Nc2ccc(F)cc2C1c1ccccc1. The van der Waals surface area contributed by atoms with Gasteiger partial charge in [0.1, 0.15) is 17.7 Å². The molecular formula is C23H17F5N2O. The van der Waals surface area contributed by atoms with Gasteiger partial charge >= 0.3 is 6.18 Å². The average Bonchev–Trinajstić information content (AvgIpc) is 3.11. The van der Waals surface area contributed by atoms with E-state index < -0.39 is 47.8 Å². The number of anilines is 1. The molecule has 3 aromatic carbocycles. The van der Waals surface area contributed by atoms with Gasteiger partial charge in [-0.3, -0.25) is 4.79 Å². The van der Waals surface area contributed by atoms with E-state index in [1.165, 1.54) is 18.2 Å². The summed E-state index contributed by atoms with van der Waals surface area (Å²) in [5, 5.41) is 5.55. The van der Waals surface area contributed by atoms with Crippen LogP contribution >= 0.6 is 0 Å². The Kier molecular flexibility index (Phi) is 5.39. The number of amides is 1. The standard InChI is InChI=1S/C23H17F5N2O/c24-16-7-9-19-17(11-16)20(13-4-2-1-3-5-13)21(30-19)22(31)29-12-14-10-15(23(26,27)28)6-8-18(14)25/h1-11,20-21,30H,12H2,(H,29,31). The first kappa shape index (κ1) is 20.8. The molecule has 1 heterocycles. The molecule has 1 amide bonds. The van der Waals surface area contributed by atoms with Gasteiger partial charge in [0.2, 0.25) is 5.91 Å². The van der Waals surface area contributed by atoms with E-state index in [1.807, 2.05) is 6.07 Å². The predicted octanol–water partition coefficient (Wildman–Crippen LogP) is 5.23. The first-order chi connectivity index (χ1) is 14.7. The zero-order valence-electron chi connectivity index (χ0n) is 16.0. The zero-order chi connectivity index (χ0) is 22.2. The van der Waals surface area contributed by atoms with Crippen molar-refractivity contribution in [3.63, 3.8) is 0 Å². The number of alkyl halides is 3. The summed E-state index contributed by atoms with van der Waals surface area (Å²) in [4.78, 5) is 12.9. The lowest BCUT2D eigenvalue weighted by atomic mass is 9.87. The lowest BCUT2D eigenvalue weighted by Crippen LogP contribution is -2.40. The van der Waals surface area contributed by atoms with Crippen molar-refractivity contribution in [3.8, 4) is 0 Å². The quantitative estimate of drug-likeness (QED) is 0.555. The normalized spacial score (nSPS) is 17.7. The lowest BCUT2D eigenvalue weighted by Gasteiger charge is -2.21. The van der Waals surface area contributed by atoms with E-state index in [0.29, 0.717) is 23.4 Å². The van der Waals surface area contributed by atoms with E-state index in [9.17, 15) is 26.7 Å². The Morgan fingerprint density at radius 2 is 1.71 bits per heavy atom. The number of rotatable bonds is 4. The van der Waals surface area contributed by atoms with Crippen molar-refractivity contribution in [2.24, 2.45) is 0 Å². The summed E-state index contributed by atoms with van der Waals surface area (Å²) in [5.74, 6) is -2.35. The van der Waals surface area contributed by atoms with Gasteiger partial charge in [-0.15, -0.1) is 0 Å². The highest BCUT2D eigenvalue weighted by molar-refractivity contribution is 5.89. The largest absolute Gasteiger partial charge is 0.416 e. The number of hydrogen-bond donors (Lipinski definition) is 2. The Bertz CT molecular complexity index is 1110. The molecule has 1 aliphatic heterocycles. The number of carbonyl (C=O) groups excluding carboxylic acids is 1. The Morgan fingerprint density at radius 1 is 0.968 bits per heavy atom. The first-order valence-corrected chi connectivity index (χ1v) is 9.48. The smallest absolute Gasteiger partial charge is 0.373 e. The molecule has 0 saturated heterocycles. The van der Waals surface area contributed by atoms with Gasteiger partial charge in [0.25, 0.3) is 0 Å². The van der Waals surface area contributed by atoms with Crippen LogP contribution in [0.25, 0.3) is 0 Å². The molecule has 8 heteroatoms. The minimum atomic E-state index is -4.62. The van der Waals surface area contributed by atoms with Gasteiger partial charge in [0.05, 0.1) is 5.56 Å². The van der Waals surface area contributed by atoms with Crippen LogP contribution in [0, 0.1) is 11.6 Å². The van der Waals surface area contributed by atoms with Gasteiger partial charge < -0.3 is 10.6 Å². The van der Waals surface area contributed by atoms with E-state index in [-0.39, 0.29) is 5.56 Å². The second kappa shape index (κ2) is 8.02. The highest BCUT2D eigenvalue weighted by atomic mass is 19.4. The molecule has 2 unspecified atom stereocenters. The summed E-state index contributed by atoms with van der Waals surface area (Å²) in [5.41, 5.74) is 0.671. The fraction of sp³-hybridized carbons (Fsp3) is 0.174. The fourth-order valence-electron chi connectivity index (χ4n) is 3.78. The van der Waals surface area contributed by atoms with Crippen LogP contribution in [0.1, 0.15) is 28.2 Å². The molecule has 0 fully saturated rings. The van der Waals surface area contributed by atoms with Crippen molar-refractivity contribution < 1.29 is 26.7 Å². The van der Waals surface area contributed by atoms with Crippen LogP contribution in [0.15, 0.2) is 66.7 Å². The third-order valence-corrected chi connectivity index (χ3v) is 5.26. The summed E-state index contributed by atoms with van der Waals surface area (Å²) in [6.07, 6.45) is -4.62. The molecule has 2 N–H and O–H groups in total. The molecule has 0 saturated carbocycles. The fourth-order valence-corrected chi connectivity index (χ4v) is 3.78. The van der Waals surface area contributed by atoms with Crippen LogP contribution in [0.3, 0.4) is 0 Å². The van der Waals surface area contributed by atoms with E-state index >= 15 is 0 Å². The Morgan fingerprint density at radius 3 is 2.42 bits per heavy atom. The van der Waals surface area contributed by atoms with Gasteiger partial charge in [-0.05, 0) is 47.5 Å². The van der Waals surface area contributed by atoms with E-state index in [4.69, 9.17) is 0 Å². The first-order valence-electron chi connectivity index (χ1n) is 9.48. The number of nitrogens with one attached hydrogen (secondary N) is 2. The summed E-state index contributed by atoms with van der Waals surface area (Å²) in [6.45, 7) is -0.418. The van der Waals surface area contributed by atoms with Crippen LogP contribution in [0.4, 0.5) is 27.6 Å². The molecule has 4 rings (SSSR count). The maximum Gasteiger partial charge on any atom is 0.416 e. The maximum atomic E-state index is 14.0. The van der Waals surface area contributed by atoms with Crippen LogP contribution in [-0.4, -0.2) is 11.9 Å². The number of fused-ring (bicyclic) bond motifs is 1. The number of halogens is 5. The van der Waals surface area contributed by atoms with Crippen LogP contribution in [0.5, 0.6) is 0 Å². The van der Waals surface area contributed by atoms with Crippen LogP contribution < -0.4 is 10.6 Å². The monoisotopic (exact) mass is 432 g/mol. The number of hydrogen-bond acceptors (Lipinski definition) is 2. The van der Waals surface area contributed by atoms with Gasteiger partial charge in [-0.2, -0.15) is 13.2 Å². The molecule has 1 aliphatic rings. The molecular weight excluding hydrogens is 415 g/mol. The van der Waals surface area contributed by atoms with E-state index in [0.717, 1.165) is 11.6 Å². The summed E-state index contributed by atoms with van der Waals surface area (Å²) < 4.78 is 66.6. The van der Waals surface area contributed by atoms with Crippen molar-refractivity contribution in [2.75, 3.05) is 5.32 Å². The third-order valence-electron chi connectivity index (χ3n) is 5.26. The predicted molar refractivity (Wildman–Crippen MR) is 105 cm³/mol. The highest BCUT2D eigenvalue weighted by Gasteiger charge is 2.38. The number of benzene rings is 3. The van der Waals surface area contributed by atoms with E-state index in [2.05, 4.69) is 10.6 Å². The van der Waals surface area contributed by atoms with Gasteiger partial charge in [-0.25, -0.2) is 8.78 Å². The van der Waals surface area contributed by atoms with E-state index in [1.54, 1.807) is 24.3 Å². The molecule has 0 spiro atoms. The van der Waals surface area contributed by atoms with Gasteiger partial charge in [-0.1, -0.05) is 30.3 Å².